The van der Waals surface area contributed by atoms with E-state index in [9.17, 15) is 4.79 Å². The number of nitrogens with zero attached hydrogens (tertiary/aromatic N) is 1. The molecule has 0 aliphatic heterocycles. The molecule has 2 aromatic rings. The minimum absolute atomic E-state index is 0.152. The van der Waals surface area contributed by atoms with Crippen molar-refractivity contribution in [2.24, 2.45) is 0 Å². The number of hydrogen-bond donors (Lipinski definition) is 1. The SMILES string of the molecule is CCOc1ccc(C(C)NC(=O)/C=C/c2cccnc2)cc1OCC. The fourth-order valence-electron chi connectivity index (χ4n) is 2.33. The van der Waals surface area contributed by atoms with Crippen molar-refractivity contribution in [1.82, 2.24) is 10.3 Å². The molecular formula is C20H24N2O3. The van der Waals surface area contributed by atoms with Gasteiger partial charge in [-0.15, -0.1) is 0 Å². The molecule has 1 aromatic carbocycles. The molecule has 5 nitrogen and oxygen atoms in total. The van der Waals surface area contributed by atoms with Crippen LogP contribution in [0, 0.1) is 0 Å². The standard InChI is InChI=1S/C20H24N2O3/c1-4-24-18-10-9-17(13-19(18)25-5-2)15(3)22-20(23)11-8-16-7-6-12-21-14-16/h6-15H,4-5H2,1-3H3,(H,22,23)/b11-8+. The number of nitrogens with one attached hydrogen (secondary N) is 1. The average molecular weight is 340 g/mol. The largest absolute Gasteiger partial charge is 0.490 e. The van der Waals surface area contributed by atoms with E-state index in [1.54, 1.807) is 18.5 Å². The van der Waals surface area contributed by atoms with Crippen molar-refractivity contribution in [2.45, 2.75) is 26.8 Å². The van der Waals surface area contributed by atoms with E-state index in [0.717, 1.165) is 11.1 Å². The van der Waals surface area contributed by atoms with Gasteiger partial charge in [0.15, 0.2) is 11.5 Å². The lowest BCUT2D eigenvalue weighted by Gasteiger charge is -2.17. The number of amides is 1. The van der Waals surface area contributed by atoms with Crippen molar-refractivity contribution in [3.63, 3.8) is 0 Å². The first-order chi connectivity index (χ1) is 12.1. The van der Waals surface area contributed by atoms with E-state index < -0.39 is 0 Å². The highest BCUT2D eigenvalue weighted by molar-refractivity contribution is 5.91. The van der Waals surface area contributed by atoms with Crippen LogP contribution in [0.25, 0.3) is 6.08 Å². The van der Waals surface area contributed by atoms with Gasteiger partial charge in [0.05, 0.1) is 19.3 Å². The van der Waals surface area contributed by atoms with E-state index in [2.05, 4.69) is 10.3 Å². The van der Waals surface area contributed by atoms with Crippen LogP contribution in [-0.4, -0.2) is 24.1 Å². The maximum Gasteiger partial charge on any atom is 0.244 e. The number of ether oxygens (including phenoxy) is 2. The van der Waals surface area contributed by atoms with Crippen LogP contribution in [0.1, 0.15) is 37.9 Å². The minimum atomic E-state index is -0.164. The van der Waals surface area contributed by atoms with E-state index in [-0.39, 0.29) is 11.9 Å². The molecule has 1 heterocycles. The van der Waals surface area contributed by atoms with Gasteiger partial charge in [-0.05, 0) is 56.2 Å². The second-order valence-corrected chi connectivity index (χ2v) is 5.42. The van der Waals surface area contributed by atoms with Crippen molar-refractivity contribution in [3.8, 4) is 11.5 Å². The van der Waals surface area contributed by atoms with Gasteiger partial charge in [-0.3, -0.25) is 9.78 Å². The molecule has 0 aliphatic rings. The molecule has 0 saturated heterocycles. The van der Waals surface area contributed by atoms with Gasteiger partial charge in [0.1, 0.15) is 0 Å². The summed E-state index contributed by atoms with van der Waals surface area (Å²) >= 11 is 0. The average Bonchev–Trinajstić information content (AvgIpc) is 2.62. The van der Waals surface area contributed by atoms with Gasteiger partial charge >= 0.3 is 0 Å². The number of carbonyl (C=O) groups is 1. The predicted octanol–water partition coefficient (Wildman–Crippen LogP) is 3.77. The summed E-state index contributed by atoms with van der Waals surface area (Å²) in [5.74, 6) is 1.24. The quantitative estimate of drug-likeness (QED) is 0.743. The van der Waals surface area contributed by atoms with E-state index in [4.69, 9.17) is 9.47 Å². The first-order valence-electron chi connectivity index (χ1n) is 8.42. The number of aromatic nitrogens is 1. The summed E-state index contributed by atoms with van der Waals surface area (Å²) in [5, 5.41) is 2.94. The van der Waals surface area contributed by atoms with Crippen LogP contribution in [0.3, 0.4) is 0 Å². The molecule has 1 aromatic heterocycles. The number of hydrogen-bond acceptors (Lipinski definition) is 4. The Balaban J connectivity index is 2.04. The second-order valence-electron chi connectivity index (χ2n) is 5.42. The van der Waals surface area contributed by atoms with Crippen molar-refractivity contribution >= 4 is 12.0 Å². The summed E-state index contributed by atoms with van der Waals surface area (Å²) < 4.78 is 11.2. The lowest BCUT2D eigenvalue weighted by Crippen LogP contribution is -2.24. The second kappa shape index (κ2) is 9.47. The molecule has 1 unspecified atom stereocenters. The van der Waals surface area contributed by atoms with Gasteiger partial charge in [0, 0.05) is 18.5 Å². The van der Waals surface area contributed by atoms with Gasteiger partial charge in [-0.1, -0.05) is 12.1 Å². The molecule has 0 bridgehead atoms. The summed E-state index contributed by atoms with van der Waals surface area (Å²) in [6, 6.07) is 9.28. The third kappa shape index (κ3) is 5.64. The fraction of sp³-hybridized carbons (Fsp3) is 0.300. The Kier molecular flexibility index (Phi) is 7.01. The monoisotopic (exact) mass is 340 g/mol. The Morgan fingerprint density at radius 1 is 1.20 bits per heavy atom. The smallest absolute Gasteiger partial charge is 0.244 e. The van der Waals surface area contributed by atoms with E-state index in [1.807, 2.05) is 51.1 Å². The fourth-order valence-corrected chi connectivity index (χ4v) is 2.33. The maximum absolute atomic E-state index is 12.1. The number of carbonyl (C=O) groups excluding carboxylic acids is 1. The van der Waals surface area contributed by atoms with Gasteiger partial charge in [0.2, 0.25) is 5.91 Å². The van der Waals surface area contributed by atoms with Crippen LogP contribution in [0.2, 0.25) is 0 Å². The van der Waals surface area contributed by atoms with Crippen LogP contribution in [0.5, 0.6) is 11.5 Å². The molecule has 5 heteroatoms. The summed E-state index contributed by atoms with van der Waals surface area (Å²) in [6.07, 6.45) is 6.64. The van der Waals surface area contributed by atoms with Crippen LogP contribution in [0.4, 0.5) is 0 Å². The summed E-state index contributed by atoms with van der Waals surface area (Å²) in [6.45, 7) is 6.92. The lowest BCUT2D eigenvalue weighted by atomic mass is 10.1. The van der Waals surface area contributed by atoms with E-state index in [0.29, 0.717) is 24.7 Å². The number of benzene rings is 1. The zero-order valence-electron chi connectivity index (χ0n) is 14.9. The van der Waals surface area contributed by atoms with Crippen LogP contribution in [0.15, 0.2) is 48.8 Å². The molecule has 0 radical (unpaired) electrons. The summed E-state index contributed by atoms with van der Waals surface area (Å²) in [4.78, 5) is 16.1. The Labute approximate surface area is 148 Å². The topological polar surface area (TPSA) is 60.5 Å². The number of rotatable bonds is 8. The van der Waals surface area contributed by atoms with Crippen molar-refractivity contribution in [1.29, 1.82) is 0 Å². The minimum Gasteiger partial charge on any atom is -0.490 e. The molecule has 1 N–H and O–H groups in total. The summed E-state index contributed by atoms with van der Waals surface area (Å²) in [5.41, 5.74) is 1.83. The molecule has 1 amide bonds. The predicted molar refractivity (Wildman–Crippen MR) is 98.6 cm³/mol. The van der Waals surface area contributed by atoms with Gasteiger partial charge < -0.3 is 14.8 Å². The van der Waals surface area contributed by atoms with E-state index >= 15 is 0 Å². The van der Waals surface area contributed by atoms with Gasteiger partial charge in [-0.2, -0.15) is 0 Å². The Bertz CT molecular complexity index is 714. The summed E-state index contributed by atoms with van der Waals surface area (Å²) in [7, 11) is 0. The van der Waals surface area contributed by atoms with E-state index in [1.165, 1.54) is 6.08 Å². The van der Waals surface area contributed by atoms with Crippen molar-refractivity contribution in [2.75, 3.05) is 13.2 Å². The molecule has 0 spiro atoms. The molecule has 1 atom stereocenters. The zero-order chi connectivity index (χ0) is 18.1. The Morgan fingerprint density at radius 3 is 2.64 bits per heavy atom. The van der Waals surface area contributed by atoms with Crippen LogP contribution < -0.4 is 14.8 Å². The maximum atomic E-state index is 12.1. The first-order valence-corrected chi connectivity index (χ1v) is 8.42. The molecule has 0 saturated carbocycles. The van der Waals surface area contributed by atoms with Gasteiger partial charge in [-0.25, -0.2) is 0 Å². The van der Waals surface area contributed by atoms with Crippen molar-refractivity contribution in [3.05, 3.63) is 59.9 Å². The zero-order valence-corrected chi connectivity index (χ0v) is 14.9. The molecule has 2 rings (SSSR count). The third-order valence-corrected chi connectivity index (χ3v) is 3.54. The molecule has 25 heavy (non-hydrogen) atoms. The third-order valence-electron chi connectivity index (χ3n) is 3.54. The molecule has 0 aliphatic carbocycles. The van der Waals surface area contributed by atoms with Crippen LogP contribution in [-0.2, 0) is 4.79 Å². The Morgan fingerprint density at radius 2 is 1.96 bits per heavy atom. The molecule has 0 fully saturated rings. The first kappa shape index (κ1) is 18.5. The highest BCUT2D eigenvalue weighted by atomic mass is 16.5. The van der Waals surface area contributed by atoms with Crippen molar-refractivity contribution < 1.29 is 14.3 Å². The molecule has 132 valence electrons. The van der Waals surface area contributed by atoms with Crippen LogP contribution >= 0.6 is 0 Å². The highest BCUT2D eigenvalue weighted by Crippen LogP contribution is 2.30. The highest BCUT2D eigenvalue weighted by Gasteiger charge is 2.12. The Hall–Kier alpha value is -2.82. The molecular weight excluding hydrogens is 316 g/mol. The number of pyridine rings is 1. The normalized spacial score (nSPS) is 12.0. The lowest BCUT2D eigenvalue weighted by molar-refractivity contribution is -0.117. The van der Waals surface area contributed by atoms with Gasteiger partial charge in [0.25, 0.3) is 0 Å².